The molecule has 8 nitrogen and oxygen atoms in total. The summed E-state index contributed by atoms with van der Waals surface area (Å²) in [5.74, 6) is 1.10. The molecule has 1 N–H and O–H groups in total. The van der Waals surface area contributed by atoms with Crippen LogP contribution in [0.15, 0.2) is 0 Å². The Labute approximate surface area is 118 Å². The molecule has 0 aromatic carbocycles. The maximum Gasteiger partial charge on any atom is 0.265 e. The molecular weight excluding hydrogens is 258 g/mol. The van der Waals surface area contributed by atoms with Gasteiger partial charge in [-0.3, -0.25) is 4.79 Å². The number of amides is 1. The average molecular weight is 279 g/mol. The van der Waals surface area contributed by atoms with E-state index in [0.29, 0.717) is 11.9 Å². The molecule has 0 aliphatic carbocycles. The number of tetrazole rings is 1. The maximum atomic E-state index is 12.5. The van der Waals surface area contributed by atoms with Gasteiger partial charge in [0.15, 0.2) is 0 Å². The summed E-state index contributed by atoms with van der Waals surface area (Å²) in [5.41, 5.74) is 0. The number of likely N-dealkylation sites (tertiary alicyclic amines) is 1. The van der Waals surface area contributed by atoms with Gasteiger partial charge in [-0.15, -0.1) is 5.10 Å². The van der Waals surface area contributed by atoms with Gasteiger partial charge in [-0.05, 0) is 31.6 Å². The molecule has 2 fully saturated rings. The molecule has 3 rings (SSSR count). The quantitative estimate of drug-likeness (QED) is 0.762. The van der Waals surface area contributed by atoms with E-state index in [2.05, 4.69) is 37.5 Å². The highest BCUT2D eigenvalue weighted by Crippen LogP contribution is 2.19. The average Bonchev–Trinajstić information content (AvgIpc) is 3.01. The number of carbonyl (C=O) groups excluding carboxylic acids is 1. The van der Waals surface area contributed by atoms with Gasteiger partial charge in [0.1, 0.15) is 0 Å². The van der Waals surface area contributed by atoms with Crippen molar-refractivity contribution in [2.45, 2.75) is 12.8 Å². The Balaban J connectivity index is 1.53. The van der Waals surface area contributed by atoms with Crippen molar-refractivity contribution in [1.29, 1.82) is 0 Å². The van der Waals surface area contributed by atoms with Crippen LogP contribution in [0, 0.1) is 5.92 Å². The number of hydrogen-bond acceptors (Lipinski definition) is 6. The summed E-state index contributed by atoms with van der Waals surface area (Å²) in [7, 11) is 2.09. The van der Waals surface area contributed by atoms with Gasteiger partial charge in [0.25, 0.3) is 5.95 Å². The molecular formula is C12H21N7O. The van der Waals surface area contributed by atoms with Gasteiger partial charge in [0.05, 0.1) is 5.92 Å². The van der Waals surface area contributed by atoms with Crippen molar-refractivity contribution >= 4 is 11.9 Å². The normalized spacial score (nSPS) is 24.9. The van der Waals surface area contributed by atoms with E-state index in [1.54, 1.807) is 0 Å². The van der Waals surface area contributed by atoms with Crippen molar-refractivity contribution in [3.63, 3.8) is 0 Å². The van der Waals surface area contributed by atoms with Crippen LogP contribution in [0.25, 0.3) is 0 Å². The Morgan fingerprint density at radius 2 is 2.05 bits per heavy atom. The van der Waals surface area contributed by atoms with Gasteiger partial charge < -0.3 is 14.7 Å². The molecule has 1 aromatic rings. The number of H-pyrrole nitrogens is 1. The van der Waals surface area contributed by atoms with Crippen LogP contribution < -0.4 is 4.90 Å². The Hall–Kier alpha value is -1.70. The molecule has 0 bridgehead atoms. The first-order chi connectivity index (χ1) is 9.74. The lowest BCUT2D eigenvalue weighted by Crippen LogP contribution is -2.52. The first-order valence-corrected chi connectivity index (χ1v) is 7.20. The fourth-order valence-corrected chi connectivity index (χ4v) is 3.04. The number of piperidine rings is 1. The molecule has 2 saturated heterocycles. The Kier molecular flexibility index (Phi) is 3.81. The van der Waals surface area contributed by atoms with E-state index in [0.717, 1.165) is 52.1 Å². The van der Waals surface area contributed by atoms with Gasteiger partial charge in [-0.25, -0.2) is 0 Å². The fraction of sp³-hybridized carbons (Fsp3) is 0.833. The summed E-state index contributed by atoms with van der Waals surface area (Å²) >= 11 is 0. The van der Waals surface area contributed by atoms with Crippen LogP contribution >= 0.6 is 0 Å². The van der Waals surface area contributed by atoms with E-state index in [9.17, 15) is 4.79 Å². The van der Waals surface area contributed by atoms with Crippen molar-refractivity contribution in [2.75, 3.05) is 51.2 Å². The minimum atomic E-state index is 0.172. The molecule has 20 heavy (non-hydrogen) atoms. The van der Waals surface area contributed by atoms with Gasteiger partial charge in [-0.1, -0.05) is 5.10 Å². The van der Waals surface area contributed by atoms with Crippen LogP contribution in [0.2, 0.25) is 0 Å². The van der Waals surface area contributed by atoms with Crippen molar-refractivity contribution in [3.8, 4) is 0 Å². The molecule has 0 saturated carbocycles. The third-order valence-electron chi connectivity index (χ3n) is 4.18. The van der Waals surface area contributed by atoms with Crippen LogP contribution in [0.4, 0.5) is 5.95 Å². The van der Waals surface area contributed by atoms with Crippen molar-refractivity contribution in [2.24, 2.45) is 5.92 Å². The molecule has 0 spiro atoms. The van der Waals surface area contributed by atoms with Gasteiger partial charge in [-0.2, -0.15) is 5.21 Å². The van der Waals surface area contributed by atoms with Crippen molar-refractivity contribution in [3.05, 3.63) is 0 Å². The third kappa shape index (κ3) is 2.74. The summed E-state index contributed by atoms with van der Waals surface area (Å²) in [4.78, 5) is 18.8. The highest BCUT2D eigenvalue weighted by Gasteiger charge is 2.30. The number of nitrogens with zero attached hydrogens (tertiary/aromatic N) is 6. The van der Waals surface area contributed by atoms with Crippen LogP contribution in [-0.4, -0.2) is 82.6 Å². The molecule has 2 aliphatic heterocycles. The largest absolute Gasteiger partial charge is 0.339 e. The summed E-state index contributed by atoms with van der Waals surface area (Å²) in [5, 5.41) is 14.0. The summed E-state index contributed by atoms with van der Waals surface area (Å²) in [6.07, 6.45) is 2.14. The molecule has 3 heterocycles. The highest BCUT2D eigenvalue weighted by atomic mass is 16.2. The van der Waals surface area contributed by atoms with Crippen LogP contribution in [0.5, 0.6) is 0 Å². The Bertz CT molecular complexity index is 441. The highest BCUT2D eigenvalue weighted by molar-refractivity contribution is 5.79. The first-order valence-electron chi connectivity index (χ1n) is 7.20. The second kappa shape index (κ2) is 5.74. The zero-order valence-electron chi connectivity index (χ0n) is 11.8. The Morgan fingerprint density at radius 3 is 2.70 bits per heavy atom. The molecule has 1 amide bonds. The topological polar surface area (TPSA) is 81.3 Å². The Morgan fingerprint density at radius 1 is 1.25 bits per heavy atom. The summed E-state index contributed by atoms with van der Waals surface area (Å²) < 4.78 is 0. The molecule has 0 radical (unpaired) electrons. The second-order valence-electron chi connectivity index (χ2n) is 5.63. The number of rotatable bonds is 2. The molecule has 1 atom stereocenters. The van der Waals surface area contributed by atoms with E-state index in [1.165, 1.54) is 0 Å². The molecule has 1 aromatic heterocycles. The van der Waals surface area contributed by atoms with E-state index < -0.39 is 0 Å². The van der Waals surface area contributed by atoms with Crippen molar-refractivity contribution in [1.82, 2.24) is 30.4 Å². The third-order valence-corrected chi connectivity index (χ3v) is 4.18. The lowest BCUT2D eigenvalue weighted by molar-refractivity contribution is -0.137. The minimum absolute atomic E-state index is 0.172. The number of nitrogens with one attached hydrogen (secondary N) is 1. The monoisotopic (exact) mass is 279 g/mol. The first kappa shape index (κ1) is 13.3. The van der Waals surface area contributed by atoms with E-state index in [-0.39, 0.29) is 5.92 Å². The standard InChI is InChI=1S/C12H21N7O/c1-17-4-2-3-10(9-17)11(20)18-5-7-19(8-6-18)12-13-15-16-14-12/h10H,2-9H2,1H3,(H,13,14,15,16)/t10-/m1/s1. The number of anilines is 1. The van der Waals surface area contributed by atoms with Gasteiger partial charge in [0.2, 0.25) is 5.91 Å². The zero-order chi connectivity index (χ0) is 13.9. The van der Waals surface area contributed by atoms with E-state index >= 15 is 0 Å². The smallest absolute Gasteiger partial charge is 0.265 e. The summed E-state index contributed by atoms with van der Waals surface area (Å²) in [6.45, 7) is 5.03. The van der Waals surface area contributed by atoms with Crippen LogP contribution in [0.3, 0.4) is 0 Å². The predicted molar refractivity (Wildman–Crippen MR) is 73.2 cm³/mol. The van der Waals surface area contributed by atoms with Crippen LogP contribution in [0.1, 0.15) is 12.8 Å². The second-order valence-corrected chi connectivity index (χ2v) is 5.63. The van der Waals surface area contributed by atoms with E-state index in [1.807, 2.05) is 4.90 Å². The maximum absolute atomic E-state index is 12.5. The predicted octanol–water partition coefficient (Wildman–Crippen LogP) is -0.810. The lowest BCUT2D eigenvalue weighted by Gasteiger charge is -2.37. The molecule has 0 unspecified atom stereocenters. The summed E-state index contributed by atoms with van der Waals surface area (Å²) in [6, 6.07) is 0. The fourth-order valence-electron chi connectivity index (χ4n) is 3.04. The molecule has 110 valence electrons. The SMILES string of the molecule is CN1CCC[C@@H](C(=O)N2CCN(c3nn[nH]n3)CC2)C1. The van der Waals surface area contributed by atoms with Crippen LogP contribution in [-0.2, 0) is 4.79 Å². The number of aromatic amines is 1. The number of piperazine rings is 1. The zero-order valence-corrected chi connectivity index (χ0v) is 11.8. The minimum Gasteiger partial charge on any atom is -0.339 e. The number of carbonyl (C=O) groups is 1. The van der Waals surface area contributed by atoms with E-state index in [4.69, 9.17) is 0 Å². The van der Waals surface area contributed by atoms with Gasteiger partial charge in [0, 0.05) is 32.7 Å². The van der Waals surface area contributed by atoms with Crippen molar-refractivity contribution < 1.29 is 4.79 Å². The number of aromatic nitrogens is 4. The lowest BCUT2D eigenvalue weighted by atomic mass is 9.96. The van der Waals surface area contributed by atoms with Gasteiger partial charge >= 0.3 is 0 Å². The number of hydrogen-bond donors (Lipinski definition) is 1. The molecule has 8 heteroatoms. The molecule has 2 aliphatic rings.